The minimum absolute atomic E-state index is 0.106. The molecule has 1 atom stereocenters. The average Bonchev–Trinajstić information content (AvgIpc) is 2.68. The lowest BCUT2D eigenvalue weighted by Crippen LogP contribution is -2.29. The van der Waals surface area contributed by atoms with Crippen LogP contribution in [-0.4, -0.2) is 30.9 Å². The Morgan fingerprint density at radius 1 is 1.50 bits per heavy atom. The summed E-state index contributed by atoms with van der Waals surface area (Å²) in [6.07, 6.45) is 0.728. The van der Waals surface area contributed by atoms with E-state index in [2.05, 4.69) is 17.2 Å². The van der Waals surface area contributed by atoms with Crippen molar-refractivity contribution in [2.24, 2.45) is 0 Å². The van der Waals surface area contributed by atoms with E-state index < -0.39 is 9.84 Å². The van der Waals surface area contributed by atoms with Crippen LogP contribution in [0.25, 0.3) is 0 Å². The van der Waals surface area contributed by atoms with Gasteiger partial charge in [0.15, 0.2) is 9.84 Å². The molecule has 1 aromatic heterocycles. The van der Waals surface area contributed by atoms with E-state index in [1.807, 2.05) is 6.92 Å². The van der Waals surface area contributed by atoms with Crippen molar-refractivity contribution in [2.45, 2.75) is 32.9 Å². The number of aryl methyl sites for hydroxylation is 2. The van der Waals surface area contributed by atoms with Crippen LogP contribution in [0.4, 0.5) is 0 Å². The Morgan fingerprint density at radius 3 is 2.75 bits per heavy atom. The third-order valence-corrected chi connectivity index (χ3v) is 5.69. The molecule has 1 aromatic rings. The van der Waals surface area contributed by atoms with Gasteiger partial charge in [-0.2, -0.15) is 0 Å². The van der Waals surface area contributed by atoms with E-state index in [9.17, 15) is 8.42 Å². The maximum Gasteiger partial charge on any atom is 0.151 e. The van der Waals surface area contributed by atoms with Gasteiger partial charge in [-0.15, -0.1) is 11.3 Å². The second-order valence-electron chi connectivity index (χ2n) is 4.23. The molecule has 90 valence electrons. The predicted molar refractivity (Wildman–Crippen MR) is 65.5 cm³/mol. The monoisotopic (exact) mass is 260 g/mol. The molecule has 0 aromatic carbocycles. The summed E-state index contributed by atoms with van der Waals surface area (Å²) in [4.78, 5) is 5.65. The first-order valence-electron chi connectivity index (χ1n) is 5.33. The molecule has 0 saturated carbocycles. The van der Waals surface area contributed by atoms with E-state index in [0.29, 0.717) is 12.3 Å². The zero-order valence-corrected chi connectivity index (χ0v) is 11.1. The first kappa shape index (κ1) is 12.0. The summed E-state index contributed by atoms with van der Waals surface area (Å²) in [6, 6.07) is 0.106. The Hall–Kier alpha value is -0.460. The van der Waals surface area contributed by atoms with Crippen molar-refractivity contribution in [1.82, 2.24) is 10.3 Å². The van der Waals surface area contributed by atoms with Crippen molar-refractivity contribution in [3.63, 3.8) is 0 Å². The number of aromatic nitrogens is 1. The Bertz CT molecular complexity index is 460. The summed E-state index contributed by atoms with van der Waals surface area (Å²) in [5.74, 6) is 0.594. The number of thiazole rings is 1. The van der Waals surface area contributed by atoms with Crippen LogP contribution in [0.1, 0.15) is 22.0 Å². The minimum atomic E-state index is -2.78. The van der Waals surface area contributed by atoms with Crippen LogP contribution in [0.15, 0.2) is 0 Å². The molecule has 1 aliphatic rings. The van der Waals surface area contributed by atoms with Gasteiger partial charge in [0, 0.05) is 17.5 Å². The molecule has 1 aliphatic heterocycles. The number of sulfone groups is 1. The Labute approximate surface area is 100 Å². The molecule has 1 unspecified atom stereocenters. The highest BCUT2D eigenvalue weighted by Crippen LogP contribution is 2.17. The van der Waals surface area contributed by atoms with E-state index in [-0.39, 0.29) is 11.8 Å². The smallest absolute Gasteiger partial charge is 0.151 e. The molecule has 2 heterocycles. The Morgan fingerprint density at radius 2 is 2.25 bits per heavy atom. The SMILES string of the molecule is Cc1nc(CNC2CCS(=O)(=O)C2)sc1C. The van der Waals surface area contributed by atoms with Gasteiger partial charge < -0.3 is 5.32 Å². The van der Waals surface area contributed by atoms with Crippen molar-refractivity contribution in [3.05, 3.63) is 15.6 Å². The number of rotatable bonds is 3. The first-order chi connectivity index (χ1) is 7.46. The van der Waals surface area contributed by atoms with E-state index in [0.717, 1.165) is 17.1 Å². The molecule has 0 aliphatic carbocycles. The summed E-state index contributed by atoms with van der Waals surface area (Å²) in [5, 5.41) is 4.30. The molecule has 1 saturated heterocycles. The third-order valence-electron chi connectivity index (χ3n) is 2.85. The molecular weight excluding hydrogens is 244 g/mol. The quantitative estimate of drug-likeness (QED) is 0.882. The number of nitrogens with zero attached hydrogens (tertiary/aromatic N) is 1. The fourth-order valence-corrected chi connectivity index (χ4v) is 4.40. The van der Waals surface area contributed by atoms with Crippen LogP contribution in [0.2, 0.25) is 0 Å². The van der Waals surface area contributed by atoms with E-state index in [4.69, 9.17) is 0 Å². The maximum absolute atomic E-state index is 11.3. The molecule has 1 N–H and O–H groups in total. The topological polar surface area (TPSA) is 59.1 Å². The van der Waals surface area contributed by atoms with Gasteiger partial charge >= 0.3 is 0 Å². The van der Waals surface area contributed by atoms with E-state index in [1.165, 1.54) is 4.88 Å². The fraction of sp³-hybridized carbons (Fsp3) is 0.700. The van der Waals surface area contributed by atoms with Crippen LogP contribution in [0.3, 0.4) is 0 Å². The highest BCUT2D eigenvalue weighted by molar-refractivity contribution is 7.91. The van der Waals surface area contributed by atoms with Crippen molar-refractivity contribution in [2.75, 3.05) is 11.5 Å². The molecule has 0 spiro atoms. The van der Waals surface area contributed by atoms with Crippen molar-refractivity contribution in [3.8, 4) is 0 Å². The molecule has 6 heteroatoms. The summed E-state index contributed by atoms with van der Waals surface area (Å²) < 4.78 is 22.5. The summed E-state index contributed by atoms with van der Waals surface area (Å²) in [6.45, 7) is 4.73. The van der Waals surface area contributed by atoms with Crippen LogP contribution >= 0.6 is 11.3 Å². The molecule has 1 fully saturated rings. The van der Waals surface area contributed by atoms with E-state index >= 15 is 0 Å². The second kappa shape index (κ2) is 4.43. The van der Waals surface area contributed by atoms with Crippen molar-refractivity contribution >= 4 is 21.2 Å². The summed E-state index contributed by atoms with van der Waals surface area (Å²) in [7, 11) is -2.78. The summed E-state index contributed by atoms with van der Waals surface area (Å²) in [5.41, 5.74) is 1.07. The van der Waals surface area contributed by atoms with Crippen LogP contribution in [-0.2, 0) is 16.4 Å². The Balaban J connectivity index is 1.89. The number of nitrogens with one attached hydrogen (secondary N) is 1. The van der Waals surface area contributed by atoms with Gasteiger partial charge in [0.2, 0.25) is 0 Å². The molecule has 0 bridgehead atoms. The molecule has 2 rings (SSSR count). The summed E-state index contributed by atoms with van der Waals surface area (Å²) >= 11 is 1.67. The molecular formula is C10H16N2O2S2. The van der Waals surface area contributed by atoms with Gasteiger partial charge in [0.05, 0.1) is 17.2 Å². The fourth-order valence-electron chi connectivity index (χ4n) is 1.80. The zero-order valence-electron chi connectivity index (χ0n) is 9.49. The van der Waals surface area contributed by atoms with Gasteiger partial charge in [-0.25, -0.2) is 13.4 Å². The zero-order chi connectivity index (χ0) is 11.8. The van der Waals surface area contributed by atoms with Gasteiger partial charge in [-0.3, -0.25) is 0 Å². The van der Waals surface area contributed by atoms with Crippen LogP contribution in [0, 0.1) is 13.8 Å². The van der Waals surface area contributed by atoms with Crippen LogP contribution < -0.4 is 5.32 Å². The molecule has 0 amide bonds. The normalized spacial score (nSPS) is 23.8. The lowest BCUT2D eigenvalue weighted by atomic mass is 10.3. The van der Waals surface area contributed by atoms with Crippen LogP contribution in [0.5, 0.6) is 0 Å². The van der Waals surface area contributed by atoms with Gasteiger partial charge in [-0.05, 0) is 20.3 Å². The average molecular weight is 260 g/mol. The van der Waals surface area contributed by atoms with Gasteiger partial charge in [0.1, 0.15) is 5.01 Å². The largest absolute Gasteiger partial charge is 0.307 e. The molecule has 4 nitrogen and oxygen atoms in total. The van der Waals surface area contributed by atoms with E-state index in [1.54, 1.807) is 11.3 Å². The lowest BCUT2D eigenvalue weighted by Gasteiger charge is -2.08. The lowest BCUT2D eigenvalue weighted by molar-refractivity contribution is 0.552. The van der Waals surface area contributed by atoms with Crippen molar-refractivity contribution in [1.29, 1.82) is 0 Å². The maximum atomic E-state index is 11.3. The third kappa shape index (κ3) is 2.81. The highest BCUT2D eigenvalue weighted by atomic mass is 32.2. The molecule has 0 radical (unpaired) electrons. The minimum Gasteiger partial charge on any atom is -0.307 e. The van der Waals surface area contributed by atoms with Gasteiger partial charge in [0.25, 0.3) is 0 Å². The second-order valence-corrected chi connectivity index (χ2v) is 7.75. The number of hydrogen-bond acceptors (Lipinski definition) is 5. The number of hydrogen-bond donors (Lipinski definition) is 1. The Kier molecular flexibility index (Phi) is 3.32. The van der Waals surface area contributed by atoms with Crippen molar-refractivity contribution < 1.29 is 8.42 Å². The highest BCUT2D eigenvalue weighted by Gasteiger charge is 2.27. The predicted octanol–water partition coefficient (Wildman–Crippen LogP) is 1.04. The standard InChI is InChI=1S/C10H16N2O2S2/c1-7-8(2)15-10(12-7)5-11-9-3-4-16(13,14)6-9/h9,11H,3-6H2,1-2H3. The first-order valence-corrected chi connectivity index (χ1v) is 7.97. The molecule has 16 heavy (non-hydrogen) atoms. The van der Waals surface area contributed by atoms with Gasteiger partial charge in [-0.1, -0.05) is 0 Å².